The van der Waals surface area contributed by atoms with E-state index in [0.29, 0.717) is 51.7 Å². The van der Waals surface area contributed by atoms with E-state index in [4.69, 9.17) is 14.2 Å². The number of amides is 1. The highest BCUT2D eigenvalue weighted by molar-refractivity contribution is 7.98. The van der Waals surface area contributed by atoms with Crippen LogP contribution < -0.4 is 25.0 Å². The fourth-order valence-electron chi connectivity index (χ4n) is 5.08. The molecule has 12 heteroatoms. The molecular formula is C29H29FN2O8S. The molecular weight excluding hydrogens is 555 g/mol. The van der Waals surface area contributed by atoms with Gasteiger partial charge in [0, 0.05) is 5.56 Å². The summed E-state index contributed by atoms with van der Waals surface area (Å²) in [5.74, 6) is 0.289. The highest BCUT2D eigenvalue weighted by Gasteiger charge is 2.30. The number of nitrogens with zero attached hydrogens (tertiary/aromatic N) is 1. The van der Waals surface area contributed by atoms with Crippen molar-refractivity contribution in [1.29, 1.82) is 0 Å². The van der Waals surface area contributed by atoms with Crippen molar-refractivity contribution in [2.24, 2.45) is 0 Å². The zero-order valence-corrected chi connectivity index (χ0v) is 23.8. The third-order valence-corrected chi connectivity index (χ3v) is 7.55. The average Bonchev–Trinajstić information content (AvgIpc) is 3.18. The van der Waals surface area contributed by atoms with Crippen molar-refractivity contribution in [2.45, 2.75) is 36.8 Å². The third-order valence-electron chi connectivity index (χ3n) is 6.77. The molecule has 41 heavy (non-hydrogen) atoms. The van der Waals surface area contributed by atoms with E-state index < -0.39 is 29.5 Å². The average molecular weight is 585 g/mol. The monoisotopic (exact) mass is 584 g/mol. The minimum atomic E-state index is -0.967. The summed E-state index contributed by atoms with van der Waals surface area (Å²) in [6.07, 6.45) is 2.59. The van der Waals surface area contributed by atoms with Crippen LogP contribution in [0.2, 0.25) is 0 Å². The number of methoxy groups -OCH3 is 3. The molecule has 1 atom stereocenters. The lowest BCUT2D eigenvalue weighted by atomic mass is 9.95. The van der Waals surface area contributed by atoms with E-state index in [1.54, 1.807) is 6.07 Å². The maximum Gasteiger partial charge on any atom is 0.294 e. The Morgan fingerprint density at radius 3 is 2.46 bits per heavy atom. The first-order chi connectivity index (χ1) is 19.7. The smallest absolute Gasteiger partial charge is 0.294 e. The lowest BCUT2D eigenvalue weighted by Gasteiger charge is -2.20. The molecule has 0 saturated carbocycles. The Morgan fingerprint density at radius 1 is 1.07 bits per heavy atom. The van der Waals surface area contributed by atoms with Crippen LogP contribution in [0.3, 0.4) is 0 Å². The number of hydrogen-bond donors (Lipinski definition) is 1. The highest BCUT2D eigenvalue weighted by Crippen LogP contribution is 2.50. The Labute approximate surface area is 239 Å². The van der Waals surface area contributed by atoms with Crippen LogP contribution in [0.5, 0.6) is 17.2 Å². The number of benzene rings is 2. The summed E-state index contributed by atoms with van der Waals surface area (Å²) in [5.41, 5.74) is 3.28. The molecule has 0 bridgehead atoms. The summed E-state index contributed by atoms with van der Waals surface area (Å²) in [7, 11) is 4.58. The van der Waals surface area contributed by atoms with Gasteiger partial charge < -0.3 is 24.4 Å². The van der Waals surface area contributed by atoms with Crippen molar-refractivity contribution >= 4 is 17.7 Å². The van der Waals surface area contributed by atoms with Crippen molar-refractivity contribution in [3.8, 4) is 28.4 Å². The van der Waals surface area contributed by atoms with Crippen molar-refractivity contribution in [3.05, 3.63) is 90.9 Å². The van der Waals surface area contributed by atoms with Crippen LogP contribution in [0.4, 0.5) is 4.39 Å². The largest absolute Gasteiger partial charge is 0.493 e. The standard InChI is InChI=1S/C29H29FN2O8S/c1-37-24-13-18-5-7-22(31-26(34)12-16-9-17(11-19(30)10-16)15-40-32(35)36)21-14-23(33)25(41-4)8-6-20(21)27(18)29(39-3)28(24)38-2/h6,8-11,13-14,22H,5,7,12,15H2,1-4H3,(H,31,34)/t22-/m0/s1. The van der Waals surface area contributed by atoms with Crippen LogP contribution in [0.1, 0.15) is 34.7 Å². The second kappa shape index (κ2) is 12.9. The van der Waals surface area contributed by atoms with Gasteiger partial charge in [0.2, 0.25) is 11.7 Å². The number of aryl methyl sites for hydroxylation is 1. The van der Waals surface area contributed by atoms with Crippen LogP contribution in [0.15, 0.2) is 52.2 Å². The van der Waals surface area contributed by atoms with E-state index >= 15 is 0 Å². The molecule has 0 spiro atoms. The molecule has 10 nitrogen and oxygen atoms in total. The van der Waals surface area contributed by atoms with Gasteiger partial charge in [-0.15, -0.1) is 21.9 Å². The van der Waals surface area contributed by atoms with Crippen molar-refractivity contribution in [1.82, 2.24) is 5.32 Å². The maximum atomic E-state index is 14.2. The Balaban J connectivity index is 1.75. The van der Waals surface area contributed by atoms with E-state index in [0.717, 1.165) is 17.2 Å². The first-order valence-corrected chi connectivity index (χ1v) is 13.8. The van der Waals surface area contributed by atoms with Crippen molar-refractivity contribution < 1.29 is 33.3 Å². The van der Waals surface area contributed by atoms with Gasteiger partial charge in [0.1, 0.15) is 12.4 Å². The summed E-state index contributed by atoms with van der Waals surface area (Å²) in [5, 5.41) is 12.6. The minimum absolute atomic E-state index is 0.188. The molecule has 0 aromatic heterocycles. The molecule has 0 fully saturated rings. The van der Waals surface area contributed by atoms with E-state index in [1.165, 1.54) is 51.3 Å². The normalized spacial score (nSPS) is 13.7. The number of rotatable bonds is 10. The summed E-state index contributed by atoms with van der Waals surface area (Å²) in [6, 6.07) is 10.2. The van der Waals surface area contributed by atoms with Gasteiger partial charge in [-0.05, 0) is 77.2 Å². The number of carbonyl (C=O) groups is 1. The molecule has 0 unspecified atom stereocenters. The number of hydrogen-bond acceptors (Lipinski definition) is 9. The molecule has 0 aliphatic heterocycles. The second-order valence-electron chi connectivity index (χ2n) is 9.26. The van der Waals surface area contributed by atoms with E-state index in [2.05, 4.69) is 10.2 Å². The summed E-state index contributed by atoms with van der Waals surface area (Å²) < 4.78 is 31.2. The zero-order valence-electron chi connectivity index (χ0n) is 22.9. The Morgan fingerprint density at radius 2 is 1.80 bits per heavy atom. The second-order valence-corrected chi connectivity index (χ2v) is 10.1. The Hall–Kier alpha value is -4.32. The molecule has 1 aliphatic rings. The molecule has 1 amide bonds. The van der Waals surface area contributed by atoms with Crippen molar-refractivity contribution in [3.63, 3.8) is 0 Å². The van der Waals surface area contributed by atoms with E-state index in [1.807, 2.05) is 18.4 Å². The number of thioether (sulfide) groups is 1. The van der Waals surface area contributed by atoms with Gasteiger partial charge >= 0.3 is 0 Å². The van der Waals surface area contributed by atoms with E-state index in [-0.39, 0.29) is 17.4 Å². The first-order valence-electron chi connectivity index (χ1n) is 12.6. The number of ether oxygens (including phenoxy) is 3. The molecule has 3 aromatic carbocycles. The quantitative estimate of drug-likeness (QED) is 0.206. The van der Waals surface area contributed by atoms with Crippen molar-refractivity contribution in [2.75, 3.05) is 27.6 Å². The predicted octanol–water partition coefficient (Wildman–Crippen LogP) is 4.66. The molecule has 4 rings (SSSR count). The number of fused-ring (bicyclic) bond motifs is 3. The summed E-state index contributed by atoms with van der Waals surface area (Å²) in [4.78, 5) is 41.8. The third kappa shape index (κ3) is 6.54. The number of halogens is 1. The lowest BCUT2D eigenvalue weighted by molar-refractivity contribution is -0.763. The van der Waals surface area contributed by atoms with Crippen LogP contribution in [-0.2, 0) is 29.1 Å². The van der Waals surface area contributed by atoms with Crippen LogP contribution in [-0.4, -0.2) is 38.6 Å². The molecule has 1 N–H and O–H groups in total. The fourth-order valence-corrected chi connectivity index (χ4v) is 5.54. The molecule has 0 saturated heterocycles. The topological polar surface area (TPSA) is 126 Å². The van der Waals surface area contributed by atoms with Gasteiger partial charge in [-0.2, -0.15) is 0 Å². The van der Waals surface area contributed by atoms with Crippen LogP contribution in [0.25, 0.3) is 11.1 Å². The van der Waals surface area contributed by atoms with Gasteiger partial charge in [-0.1, -0.05) is 12.1 Å². The maximum absolute atomic E-state index is 14.2. The Bertz CT molecular complexity index is 1550. The zero-order chi connectivity index (χ0) is 29.7. The number of nitrogens with one attached hydrogen (secondary N) is 1. The van der Waals surface area contributed by atoms with Gasteiger partial charge in [-0.25, -0.2) is 4.39 Å². The molecule has 216 valence electrons. The molecule has 0 radical (unpaired) electrons. The Kier molecular flexibility index (Phi) is 9.33. The lowest BCUT2D eigenvalue weighted by Crippen LogP contribution is -2.30. The number of carbonyl (C=O) groups excluding carboxylic acids is 1. The fraction of sp³-hybridized carbons (Fsp3) is 0.310. The van der Waals surface area contributed by atoms with E-state index in [9.17, 15) is 24.1 Å². The molecule has 0 heterocycles. The molecule has 1 aliphatic carbocycles. The SMILES string of the molecule is COc1cc2c(c(OC)c1OC)-c1ccc(SC)c(=O)cc1[C@@H](NC(=O)Cc1cc(F)cc(CO[N+](=O)[O-])c1)CC2. The first kappa shape index (κ1) is 29.7. The van der Waals surface area contributed by atoms with Crippen LogP contribution >= 0.6 is 11.8 Å². The highest BCUT2D eigenvalue weighted by atomic mass is 32.2. The summed E-state index contributed by atoms with van der Waals surface area (Å²) in [6.45, 7) is -0.442. The van der Waals surface area contributed by atoms with Gasteiger partial charge in [0.25, 0.3) is 5.09 Å². The molecule has 3 aromatic rings. The van der Waals surface area contributed by atoms with Gasteiger partial charge in [0.15, 0.2) is 16.9 Å². The minimum Gasteiger partial charge on any atom is -0.493 e. The van der Waals surface area contributed by atoms with Gasteiger partial charge in [0.05, 0.1) is 38.7 Å². The van der Waals surface area contributed by atoms with Gasteiger partial charge in [-0.3, -0.25) is 9.59 Å². The summed E-state index contributed by atoms with van der Waals surface area (Å²) >= 11 is 1.32. The van der Waals surface area contributed by atoms with Crippen LogP contribution in [0, 0.1) is 15.9 Å². The predicted molar refractivity (Wildman–Crippen MR) is 151 cm³/mol.